The van der Waals surface area contributed by atoms with E-state index >= 15 is 0 Å². The number of para-hydroxylation sites is 2. The standard InChI is InChI=1S/C27H26N6OS/c1-4-19-11-8-12-20(5-2)24(19)33-25(22-13-9-15-29-17-22)31-32-27(33)35-18(3)26(34)30-23-14-7-6-10-21(23)16-28/h6-15,17-18H,4-5H2,1-3H3,(H,30,34). The Labute approximate surface area is 209 Å². The number of rotatable bonds is 8. The summed E-state index contributed by atoms with van der Waals surface area (Å²) in [5.74, 6) is 0.466. The van der Waals surface area contributed by atoms with Crippen LogP contribution in [0.1, 0.15) is 37.5 Å². The van der Waals surface area contributed by atoms with Crippen LogP contribution in [0.25, 0.3) is 17.1 Å². The highest BCUT2D eigenvalue weighted by Gasteiger charge is 2.24. The van der Waals surface area contributed by atoms with Crippen molar-refractivity contribution in [3.63, 3.8) is 0 Å². The van der Waals surface area contributed by atoms with Crippen molar-refractivity contribution in [2.75, 3.05) is 5.32 Å². The minimum Gasteiger partial charge on any atom is -0.324 e. The highest BCUT2D eigenvalue weighted by atomic mass is 32.2. The van der Waals surface area contributed by atoms with Gasteiger partial charge < -0.3 is 5.32 Å². The predicted molar refractivity (Wildman–Crippen MR) is 138 cm³/mol. The number of carbonyl (C=O) groups excluding carboxylic acids is 1. The van der Waals surface area contributed by atoms with E-state index in [1.807, 2.05) is 23.6 Å². The Hall–Kier alpha value is -3.96. The first-order chi connectivity index (χ1) is 17.1. The van der Waals surface area contributed by atoms with Gasteiger partial charge in [0.2, 0.25) is 5.91 Å². The molecule has 2 heterocycles. The molecule has 2 aromatic carbocycles. The molecule has 1 amide bonds. The largest absolute Gasteiger partial charge is 0.324 e. The summed E-state index contributed by atoms with van der Waals surface area (Å²) in [6, 6.07) is 19.2. The van der Waals surface area contributed by atoms with Gasteiger partial charge in [0.1, 0.15) is 6.07 Å². The van der Waals surface area contributed by atoms with Crippen LogP contribution in [0.15, 0.2) is 72.1 Å². The van der Waals surface area contributed by atoms with Crippen molar-refractivity contribution in [3.8, 4) is 23.1 Å². The zero-order chi connectivity index (χ0) is 24.8. The van der Waals surface area contributed by atoms with Crippen LogP contribution in [0.2, 0.25) is 0 Å². The molecule has 1 atom stereocenters. The molecule has 8 heteroatoms. The van der Waals surface area contributed by atoms with Crippen LogP contribution in [0, 0.1) is 11.3 Å². The summed E-state index contributed by atoms with van der Waals surface area (Å²) < 4.78 is 2.05. The third-order valence-electron chi connectivity index (χ3n) is 5.70. The van der Waals surface area contributed by atoms with Crippen molar-refractivity contribution in [2.45, 2.75) is 44.0 Å². The molecule has 4 aromatic rings. The summed E-state index contributed by atoms with van der Waals surface area (Å²) in [4.78, 5) is 17.3. The van der Waals surface area contributed by atoms with Gasteiger partial charge >= 0.3 is 0 Å². The van der Waals surface area contributed by atoms with E-state index in [0.717, 1.165) is 24.1 Å². The van der Waals surface area contributed by atoms with Gasteiger partial charge in [-0.15, -0.1) is 10.2 Å². The summed E-state index contributed by atoms with van der Waals surface area (Å²) in [5, 5.41) is 21.4. The Balaban J connectivity index is 1.75. The van der Waals surface area contributed by atoms with E-state index in [4.69, 9.17) is 0 Å². The Morgan fingerprint density at radius 3 is 2.46 bits per heavy atom. The second-order valence-electron chi connectivity index (χ2n) is 7.92. The SMILES string of the molecule is CCc1cccc(CC)c1-n1c(SC(C)C(=O)Nc2ccccc2C#N)nnc1-c1cccnc1. The van der Waals surface area contributed by atoms with Gasteiger partial charge in [0.25, 0.3) is 0 Å². The smallest absolute Gasteiger partial charge is 0.237 e. The third-order valence-corrected chi connectivity index (χ3v) is 6.74. The number of benzene rings is 2. The summed E-state index contributed by atoms with van der Waals surface area (Å²) in [7, 11) is 0. The lowest BCUT2D eigenvalue weighted by Gasteiger charge is -2.19. The van der Waals surface area contributed by atoms with E-state index in [-0.39, 0.29) is 5.91 Å². The quantitative estimate of drug-likeness (QED) is 0.336. The molecule has 0 aliphatic carbocycles. The van der Waals surface area contributed by atoms with Gasteiger partial charge in [-0.2, -0.15) is 5.26 Å². The minimum atomic E-state index is -0.481. The molecule has 1 unspecified atom stereocenters. The van der Waals surface area contributed by atoms with Gasteiger partial charge in [0.15, 0.2) is 11.0 Å². The van der Waals surface area contributed by atoms with Crippen molar-refractivity contribution < 1.29 is 4.79 Å². The molecule has 7 nitrogen and oxygen atoms in total. The normalized spacial score (nSPS) is 11.6. The number of nitriles is 1. The maximum atomic E-state index is 13.0. The number of pyridine rings is 1. The number of aromatic nitrogens is 4. The average molecular weight is 483 g/mol. The molecule has 0 bridgehead atoms. The van der Waals surface area contributed by atoms with Gasteiger partial charge in [0.05, 0.1) is 22.2 Å². The number of aryl methyl sites for hydroxylation is 2. The number of amides is 1. The first-order valence-corrected chi connectivity index (χ1v) is 12.4. The van der Waals surface area contributed by atoms with E-state index in [9.17, 15) is 10.1 Å². The van der Waals surface area contributed by atoms with Gasteiger partial charge in [-0.3, -0.25) is 14.3 Å². The minimum absolute atomic E-state index is 0.213. The zero-order valence-electron chi connectivity index (χ0n) is 19.9. The number of anilines is 1. The van der Waals surface area contributed by atoms with Gasteiger partial charge in [-0.05, 0) is 55.2 Å². The number of hydrogen-bond donors (Lipinski definition) is 1. The number of nitrogens with zero attached hydrogens (tertiary/aromatic N) is 5. The van der Waals surface area contributed by atoms with Crippen LogP contribution in [-0.4, -0.2) is 30.9 Å². The van der Waals surface area contributed by atoms with Crippen LogP contribution >= 0.6 is 11.8 Å². The Bertz CT molecular complexity index is 1350. The maximum Gasteiger partial charge on any atom is 0.237 e. The van der Waals surface area contributed by atoms with Gasteiger partial charge in [-0.1, -0.05) is 55.9 Å². The van der Waals surface area contributed by atoms with Crippen LogP contribution in [0.3, 0.4) is 0 Å². The number of nitrogens with one attached hydrogen (secondary N) is 1. The van der Waals surface area contributed by atoms with E-state index < -0.39 is 5.25 Å². The first-order valence-electron chi connectivity index (χ1n) is 11.5. The molecular weight excluding hydrogens is 456 g/mol. The molecule has 0 saturated heterocycles. The summed E-state index contributed by atoms with van der Waals surface area (Å²) >= 11 is 1.33. The molecular formula is C27H26N6OS. The lowest BCUT2D eigenvalue weighted by molar-refractivity contribution is -0.115. The first kappa shape index (κ1) is 24.2. The fraction of sp³-hybridized carbons (Fsp3) is 0.222. The highest BCUT2D eigenvalue weighted by molar-refractivity contribution is 8.00. The van der Waals surface area contributed by atoms with E-state index in [1.165, 1.54) is 22.9 Å². The van der Waals surface area contributed by atoms with Crippen molar-refractivity contribution in [3.05, 3.63) is 83.7 Å². The molecule has 0 fully saturated rings. The van der Waals surface area contributed by atoms with E-state index in [1.54, 1.807) is 36.7 Å². The fourth-order valence-electron chi connectivity index (χ4n) is 3.87. The van der Waals surface area contributed by atoms with Crippen LogP contribution in [0.5, 0.6) is 0 Å². The van der Waals surface area contributed by atoms with Gasteiger partial charge in [0, 0.05) is 18.0 Å². The molecule has 0 aliphatic rings. The molecule has 0 spiro atoms. The van der Waals surface area contributed by atoms with Crippen LogP contribution in [-0.2, 0) is 17.6 Å². The van der Waals surface area contributed by atoms with E-state index in [0.29, 0.717) is 22.2 Å². The molecule has 0 saturated carbocycles. The number of hydrogen-bond acceptors (Lipinski definition) is 6. The monoisotopic (exact) mass is 482 g/mol. The molecule has 0 radical (unpaired) electrons. The summed E-state index contributed by atoms with van der Waals surface area (Å²) in [6.45, 7) is 6.08. The molecule has 0 aliphatic heterocycles. The predicted octanol–water partition coefficient (Wildman–Crippen LogP) is 5.45. The van der Waals surface area contributed by atoms with Crippen LogP contribution < -0.4 is 5.32 Å². The molecule has 1 N–H and O–H groups in total. The van der Waals surface area contributed by atoms with Crippen LogP contribution in [0.4, 0.5) is 5.69 Å². The Morgan fingerprint density at radius 2 is 1.80 bits per heavy atom. The Kier molecular flexibility index (Phi) is 7.58. The van der Waals surface area contributed by atoms with Crippen molar-refractivity contribution in [1.29, 1.82) is 5.26 Å². The number of thioether (sulfide) groups is 1. The van der Waals surface area contributed by atoms with Crippen molar-refractivity contribution in [2.24, 2.45) is 0 Å². The summed E-state index contributed by atoms with van der Waals surface area (Å²) in [5.41, 5.74) is 5.16. The third kappa shape index (κ3) is 5.10. The molecule has 176 valence electrons. The van der Waals surface area contributed by atoms with E-state index in [2.05, 4.69) is 58.6 Å². The Morgan fingerprint density at radius 1 is 1.06 bits per heavy atom. The summed E-state index contributed by atoms with van der Waals surface area (Å²) in [6.07, 6.45) is 5.19. The average Bonchev–Trinajstić information content (AvgIpc) is 3.31. The van der Waals surface area contributed by atoms with Gasteiger partial charge in [-0.25, -0.2) is 0 Å². The topological polar surface area (TPSA) is 96.5 Å². The maximum absolute atomic E-state index is 13.0. The fourth-order valence-corrected chi connectivity index (χ4v) is 4.72. The second kappa shape index (κ2) is 11.0. The highest BCUT2D eigenvalue weighted by Crippen LogP contribution is 2.34. The second-order valence-corrected chi connectivity index (χ2v) is 9.23. The zero-order valence-corrected chi connectivity index (χ0v) is 20.7. The lowest BCUT2D eigenvalue weighted by Crippen LogP contribution is -2.23. The number of carbonyl (C=O) groups is 1. The lowest BCUT2D eigenvalue weighted by atomic mass is 10.0. The molecule has 4 rings (SSSR count). The van der Waals surface area contributed by atoms with Crippen molar-refractivity contribution >= 4 is 23.4 Å². The van der Waals surface area contributed by atoms with Crippen molar-refractivity contribution in [1.82, 2.24) is 19.7 Å². The molecule has 35 heavy (non-hydrogen) atoms. The molecule has 2 aromatic heterocycles.